The summed E-state index contributed by atoms with van der Waals surface area (Å²) in [5.74, 6) is -1.31. The molecule has 2 aromatic carbocycles. The Morgan fingerprint density at radius 3 is 2.44 bits per heavy atom. The van der Waals surface area contributed by atoms with Gasteiger partial charge in [-0.15, -0.1) is 0 Å². The van der Waals surface area contributed by atoms with E-state index in [0.717, 1.165) is 12.8 Å². The fourth-order valence-electron chi connectivity index (χ4n) is 3.75. The minimum Gasteiger partial charge on any atom is -0.452 e. The van der Waals surface area contributed by atoms with E-state index in [9.17, 15) is 22.8 Å². The van der Waals surface area contributed by atoms with Crippen molar-refractivity contribution in [3.05, 3.63) is 76.5 Å². The van der Waals surface area contributed by atoms with Crippen LogP contribution in [0.1, 0.15) is 28.9 Å². The highest BCUT2D eigenvalue weighted by molar-refractivity contribution is 7.89. The lowest BCUT2D eigenvalue weighted by Crippen LogP contribution is -2.28. The molecule has 1 aliphatic rings. The highest BCUT2D eigenvalue weighted by atomic mass is 32.2. The van der Waals surface area contributed by atoms with Crippen molar-refractivity contribution in [2.75, 3.05) is 25.0 Å². The summed E-state index contributed by atoms with van der Waals surface area (Å²) in [4.78, 5) is 39.1. The molecule has 0 radical (unpaired) electrons. The SMILES string of the molecule is Cc1c[nH]c(=O)n1-c1ccc(C(=O)OCC(=O)Nc2cccc(S(=O)(=O)N3CCCC3)c2)cc1. The van der Waals surface area contributed by atoms with Crippen molar-refractivity contribution in [2.24, 2.45) is 0 Å². The van der Waals surface area contributed by atoms with Gasteiger partial charge in [-0.25, -0.2) is 18.0 Å². The van der Waals surface area contributed by atoms with Gasteiger partial charge in [0.25, 0.3) is 5.91 Å². The zero-order chi connectivity index (χ0) is 24.3. The van der Waals surface area contributed by atoms with Crippen molar-refractivity contribution >= 4 is 27.6 Å². The van der Waals surface area contributed by atoms with E-state index >= 15 is 0 Å². The Hall–Kier alpha value is -3.70. The number of benzene rings is 2. The van der Waals surface area contributed by atoms with Crippen molar-refractivity contribution in [1.29, 1.82) is 0 Å². The van der Waals surface area contributed by atoms with E-state index in [-0.39, 0.29) is 21.8 Å². The first-order chi connectivity index (χ1) is 16.3. The first-order valence-corrected chi connectivity index (χ1v) is 12.1. The fraction of sp³-hybridized carbons (Fsp3) is 0.261. The largest absolute Gasteiger partial charge is 0.452 e. The van der Waals surface area contributed by atoms with Gasteiger partial charge < -0.3 is 15.0 Å². The number of esters is 1. The maximum absolute atomic E-state index is 12.7. The molecule has 1 amide bonds. The van der Waals surface area contributed by atoms with Crippen LogP contribution in [0, 0.1) is 6.92 Å². The molecule has 178 valence electrons. The molecule has 0 atom stereocenters. The molecule has 1 aliphatic heterocycles. The van der Waals surface area contributed by atoms with Gasteiger partial charge in [-0.2, -0.15) is 4.31 Å². The summed E-state index contributed by atoms with van der Waals surface area (Å²) in [5, 5.41) is 2.55. The number of anilines is 1. The van der Waals surface area contributed by atoms with Crippen molar-refractivity contribution in [3.63, 3.8) is 0 Å². The number of H-pyrrole nitrogens is 1. The van der Waals surface area contributed by atoms with Gasteiger partial charge in [0.05, 0.1) is 16.1 Å². The highest BCUT2D eigenvalue weighted by Crippen LogP contribution is 2.23. The number of ether oxygens (including phenoxy) is 1. The standard InChI is InChI=1S/C23H24N4O6S/c1-16-14-24-23(30)27(16)19-9-7-17(8-10-19)22(29)33-15-21(28)25-18-5-4-6-20(13-18)34(31,32)26-11-2-3-12-26/h4-10,13-14H,2-3,11-12,15H2,1H3,(H,24,30)(H,25,28). The van der Waals surface area contributed by atoms with Gasteiger partial charge in [0, 0.05) is 30.7 Å². The molecule has 10 nitrogen and oxygen atoms in total. The van der Waals surface area contributed by atoms with Crippen molar-refractivity contribution in [3.8, 4) is 5.69 Å². The van der Waals surface area contributed by atoms with Crippen molar-refractivity contribution < 1.29 is 22.7 Å². The number of nitrogens with one attached hydrogen (secondary N) is 2. The topological polar surface area (TPSA) is 131 Å². The van der Waals surface area contributed by atoms with E-state index < -0.39 is 28.5 Å². The molecule has 1 fully saturated rings. The Balaban J connectivity index is 1.35. The van der Waals surface area contributed by atoms with Crippen LogP contribution in [0.3, 0.4) is 0 Å². The summed E-state index contributed by atoms with van der Waals surface area (Å²) in [6, 6.07) is 12.2. The Labute approximate surface area is 196 Å². The lowest BCUT2D eigenvalue weighted by atomic mass is 10.2. The second-order valence-electron chi connectivity index (χ2n) is 7.88. The first-order valence-electron chi connectivity index (χ1n) is 10.7. The van der Waals surface area contributed by atoms with E-state index in [1.165, 1.54) is 33.1 Å². The minimum atomic E-state index is -3.61. The maximum atomic E-state index is 12.7. The number of aromatic amines is 1. The number of carbonyl (C=O) groups excluding carboxylic acids is 2. The molecule has 34 heavy (non-hydrogen) atoms. The number of carbonyl (C=O) groups is 2. The second kappa shape index (κ2) is 9.65. The molecule has 2 N–H and O–H groups in total. The van der Waals surface area contributed by atoms with Gasteiger partial charge in [-0.3, -0.25) is 9.36 Å². The van der Waals surface area contributed by atoms with E-state index in [0.29, 0.717) is 24.5 Å². The Morgan fingerprint density at radius 2 is 1.79 bits per heavy atom. The predicted octanol–water partition coefficient (Wildman–Crippen LogP) is 2.05. The Morgan fingerprint density at radius 1 is 1.09 bits per heavy atom. The third kappa shape index (κ3) is 4.95. The first kappa shape index (κ1) is 23.5. The maximum Gasteiger partial charge on any atom is 0.338 e. The van der Waals surface area contributed by atoms with Crippen molar-refractivity contribution in [2.45, 2.75) is 24.7 Å². The summed E-state index contributed by atoms with van der Waals surface area (Å²) in [5.41, 5.74) is 1.52. The van der Waals surface area contributed by atoms with Crippen LogP contribution in [0.4, 0.5) is 5.69 Å². The summed E-state index contributed by atoms with van der Waals surface area (Å²) < 4.78 is 33.4. The molecular formula is C23H24N4O6S. The zero-order valence-corrected chi connectivity index (χ0v) is 19.3. The third-order valence-electron chi connectivity index (χ3n) is 5.48. The number of hydrogen-bond donors (Lipinski definition) is 2. The molecule has 1 aromatic heterocycles. The lowest BCUT2D eigenvalue weighted by molar-refractivity contribution is -0.119. The molecular weight excluding hydrogens is 460 g/mol. The second-order valence-corrected chi connectivity index (χ2v) is 9.82. The fourth-order valence-corrected chi connectivity index (χ4v) is 5.31. The van der Waals surface area contributed by atoms with Crippen LogP contribution < -0.4 is 11.0 Å². The molecule has 2 heterocycles. The molecule has 0 aliphatic carbocycles. The van der Waals surface area contributed by atoms with Crippen LogP contribution in [-0.2, 0) is 19.6 Å². The number of aryl methyl sites for hydroxylation is 1. The third-order valence-corrected chi connectivity index (χ3v) is 7.37. The highest BCUT2D eigenvalue weighted by Gasteiger charge is 2.27. The molecule has 1 saturated heterocycles. The molecule has 0 saturated carbocycles. The summed E-state index contributed by atoms with van der Waals surface area (Å²) in [7, 11) is -3.61. The van der Waals surface area contributed by atoms with E-state index in [4.69, 9.17) is 4.74 Å². The monoisotopic (exact) mass is 484 g/mol. The molecule has 11 heteroatoms. The predicted molar refractivity (Wildman–Crippen MR) is 124 cm³/mol. The Kier molecular flexibility index (Phi) is 6.66. The number of sulfonamides is 1. The summed E-state index contributed by atoms with van der Waals surface area (Å²) >= 11 is 0. The van der Waals surface area contributed by atoms with Crippen molar-refractivity contribution in [1.82, 2.24) is 13.9 Å². The molecule has 0 bridgehead atoms. The zero-order valence-electron chi connectivity index (χ0n) is 18.5. The van der Waals surface area contributed by atoms with Gasteiger partial charge in [-0.1, -0.05) is 6.07 Å². The number of rotatable bonds is 7. The van der Waals surface area contributed by atoms with Crippen LogP contribution in [0.2, 0.25) is 0 Å². The van der Waals surface area contributed by atoms with Gasteiger partial charge in [0.15, 0.2) is 6.61 Å². The van der Waals surface area contributed by atoms with Crippen LogP contribution in [0.25, 0.3) is 5.69 Å². The normalized spacial score (nSPS) is 14.1. The van der Waals surface area contributed by atoms with Crippen LogP contribution in [0.5, 0.6) is 0 Å². The Bertz CT molecular complexity index is 1370. The average molecular weight is 485 g/mol. The van der Waals surface area contributed by atoms with Gasteiger partial charge in [0.1, 0.15) is 0 Å². The number of hydrogen-bond acceptors (Lipinski definition) is 6. The number of aromatic nitrogens is 2. The lowest BCUT2D eigenvalue weighted by Gasteiger charge is -2.16. The number of imidazole rings is 1. The van der Waals surface area contributed by atoms with Crippen LogP contribution in [-0.4, -0.2) is 53.8 Å². The molecule has 4 rings (SSSR count). The van der Waals surface area contributed by atoms with Crippen LogP contribution >= 0.6 is 0 Å². The number of nitrogens with zero attached hydrogens (tertiary/aromatic N) is 2. The van der Waals surface area contributed by atoms with E-state index in [1.807, 2.05) is 0 Å². The summed E-state index contributed by atoms with van der Waals surface area (Å²) in [6.45, 7) is 2.20. The van der Waals surface area contributed by atoms with E-state index in [1.54, 1.807) is 37.4 Å². The van der Waals surface area contributed by atoms with Gasteiger partial charge >= 0.3 is 11.7 Å². The van der Waals surface area contributed by atoms with Gasteiger partial charge in [0.2, 0.25) is 10.0 Å². The summed E-state index contributed by atoms with van der Waals surface area (Å²) in [6.07, 6.45) is 3.24. The molecule has 0 spiro atoms. The quantitative estimate of drug-likeness (QED) is 0.494. The molecule has 0 unspecified atom stereocenters. The van der Waals surface area contributed by atoms with Gasteiger partial charge in [-0.05, 0) is 62.2 Å². The molecule has 3 aromatic rings. The minimum absolute atomic E-state index is 0.0982. The van der Waals surface area contributed by atoms with E-state index in [2.05, 4.69) is 10.3 Å². The average Bonchev–Trinajstić information content (AvgIpc) is 3.48. The van der Waals surface area contributed by atoms with Crippen LogP contribution in [0.15, 0.2) is 64.4 Å². The smallest absolute Gasteiger partial charge is 0.338 e. The number of amides is 1.